The molecule has 1 fully saturated rings. The number of carbonyl (C=O) groups is 1. The predicted molar refractivity (Wildman–Crippen MR) is 132 cm³/mol. The molecule has 0 radical (unpaired) electrons. The largest absolute Gasteiger partial charge is 0.376 e. The molecule has 2 aromatic rings. The summed E-state index contributed by atoms with van der Waals surface area (Å²) in [7, 11) is 0. The van der Waals surface area contributed by atoms with E-state index in [1.54, 1.807) is 6.20 Å². The second kappa shape index (κ2) is 11.2. The standard InChI is InChI=1S/C29H35N3O/c1-2-28(26-13-12-24-10-6-7-11-25(24)19-26)31-29(33)27(20-30)21-32-16-14-23(15-17-32)18-22-8-4-3-5-9-22/h3-5,8-9,12-13,19,21,23,28H,2,6-7,10-11,14-18H2,1H3,(H,31,33)/b27-21-. The lowest BCUT2D eigenvalue weighted by molar-refractivity contribution is -0.117. The van der Waals surface area contributed by atoms with Crippen molar-refractivity contribution < 1.29 is 4.79 Å². The fourth-order valence-electron chi connectivity index (χ4n) is 5.18. The summed E-state index contributed by atoms with van der Waals surface area (Å²) in [5, 5.41) is 12.8. The van der Waals surface area contributed by atoms with E-state index < -0.39 is 0 Å². The van der Waals surface area contributed by atoms with Crippen molar-refractivity contribution in [1.82, 2.24) is 10.2 Å². The number of fused-ring (bicyclic) bond motifs is 1. The maximum atomic E-state index is 13.0. The van der Waals surface area contributed by atoms with Crippen molar-refractivity contribution in [2.75, 3.05) is 13.1 Å². The highest BCUT2D eigenvalue weighted by molar-refractivity contribution is 5.97. The molecule has 1 aliphatic heterocycles. The van der Waals surface area contributed by atoms with E-state index in [1.165, 1.54) is 29.5 Å². The van der Waals surface area contributed by atoms with E-state index in [0.29, 0.717) is 5.92 Å². The van der Waals surface area contributed by atoms with Gasteiger partial charge < -0.3 is 10.2 Å². The van der Waals surface area contributed by atoms with Crippen LogP contribution in [0.15, 0.2) is 60.3 Å². The van der Waals surface area contributed by atoms with Gasteiger partial charge in [-0.3, -0.25) is 4.79 Å². The summed E-state index contributed by atoms with van der Waals surface area (Å²) < 4.78 is 0. The van der Waals surface area contributed by atoms with Crippen molar-refractivity contribution in [2.45, 2.75) is 64.3 Å². The van der Waals surface area contributed by atoms with Gasteiger partial charge in [0.15, 0.2) is 0 Å². The Labute approximate surface area is 198 Å². The third kappa shape index (κ3) is 6.05. The quantitative estimate of drug-likeness (QED) is 0.456. The van der Waals surface area contributed by atoms with E-state index in [1.807, 2.05) is 0 Å². The highest BCUT2D eigenvalue weighted by Crippen LogP contribution is 2.26. The summed E-state index contributed by atoms with van der Waals surface area (Å²) >= 11 is 0. The summed E-state index contributed by atoms with van der Waals surface area (Å²) in [5.41, 5.74) is 5.59. The van der Waals surface area contributed by atoms with E-state index >= 15 is 0 Å². The third-order valence-corrected chi connectivity index (χ3v) is 7.18. The molecule has 0 aromatic heterocycles. The lowest BCUT2D eigenvalue weighted by Gasteiger charge is -2.31. The van der Waals surface area contributed by atoms with E-state index in [9.17, 15) is 10.1 Å². The Morgan fingerprint density at radius 3 is 2.55 bits per heavy atom. The van der Waals surface area contributed by atoms with E-state index in [-0.39, 0.29) is 17.5 Å². The molecule has 0 bridgehead atoms. The highest BCUT2D eigenvalue weighted by atomic mass is 16.1. The van der Waals surface area contributed by atoms with Crippen LogP contribution in [0.25, 0.3) is 0 Å². The second-order valence-corrected chi connectivity index (χ2v) is 9.49. The number of aryl methyl sites for hydroxylation is 2. The van der Waals surface area contributed by atoms with Crippen LogP contribution < -0.4 is 5.32 Å². The number of rotatable bonds is 7. The summed E-state index contributed by atoms with van der Waals surface area (Å²) in [6.07, 6.45) is 10.6. The molecule has 2 aromatic carbocycles. The number of likely N-dealkylation sites (tertiary alicyclic amines) is 1. The number of hydrogen-bond donors (Lipinski definition) is 1. The van der Waals surface area contributed by atoms with Crippen molar-refractivity contribution in [2.24, 2.45) is 5.92 Å². The van der Waals surface area contributed by atoms with Gasteiger partial charge in [-0.2, -0.15) is 5.26 Å². The number of nitriles is 1. The van der Waals surface area contributed by atoms with Gasteiger partial charge in [0.1, 0.15) is 11.6 Å². The maximum absolute atomic E-state index is 13.0. The van der Waals surface area contributed by atoms with Crippen LogP contribution in [-0.2, 0) is 24.1 Å². The van der Waals surface area contributed by atoms with E-state index in [4.69, 9.17) is 0 Å². The Kier molecular flexibility index (Phi) is 7.83. The average Bonchev–Trinajstić information content (AvgIpc) is 2.87. The lowest BCUT2D eigenvalue weighted by Crippen LogP contribution is -2.33. The van der Waals surface area contributed by atoms with Crippen molar-refractivity contribution in [3.63, 3.8) is 0 Å². The molecule has 4 nitrogen and oxygen atoms in total. The van der Waals surface area contributed by atoms with Crippen molar-refractivity contribution >= 4 is 5.91 Å². The summed E-state index contributed by atoms with van der Waals surface area (Å²) in [4.78, 5) is 15.1. The molecule has 4 rings (SSSR count). The molecule has 33 heavy (non-hydrogen) atoms. The van der Waals surface area contributed by atoms with Crippen LogP contribution in [0.1, 0.15) is 67.3 Å². The smallest absolute Gasteiger partial charge is 0.263 e. The average molecular weight is 442 g/mol. The summed E-state index contributed by atoms with van der Waals surface area (Å²) in [6, 6.07) is 19.3. The molecule has 1 unspecified atom stereocenters. The minimum absolute atomic E-state index is 0.0712. The van der Waals surface area contributed by atoms with Gasteiger partial charge in [-0.05, 0) is 79.5 Å². The first-order valence-corrected chi connectivity index (χ1v) is 12.5. The molecule has 1 atom stereocenters. The number of carbonyl (C=O) groups excluding carboxylic acids is 1. The van der Waals surface area contributed by atoms with Crippen LogP contribution in [0.5, 0.6) is 0 Å². The lowest BCUT2D eigenvalue weighted by atomic mass is 9.88. The molecular formula is C29H35N3O. The molecule has 1 amide bonds. The van der Waals surface area contributed by atoms with Crippen LogP contribution >= 0.6 is 0 Å². The van der Waals surface area contributed by atoms with Gasteiger partial charge in [0, 0.05) is 19.3 Å². The van der Waals surface area contributed by atoms with Crippen LogP contribution in [-0.4, -0.2) is 23.9 Å². The minimum atomic E-state index is -0.270. The molecule has 1 N–H and O–H groups in total. The summed E-state index contributed by atoms with van der Waals surface area (Å²) in [6.45, 7) is 3.85. The first-order valence-electron chi connectivity index (χ1n) is 12.5. The molecule has 1 heterocycles. The topological polar surface area (TPSA) is 56.1 Å². The zero-order chi connectivity index (χ0) is 23.0. The highest BCUT2D eigenvalue weighted by Gasteiger charge is 2.21. The maximum Gasteiger partial charge on any atom is 0.263 e. The first kappa shape index (κ1) is 23.1. The molecule has 0 spiro atoms. The zero-order valence-corrected chi connectivity index (χ0v) is 19.7. The number of nitrogens with zero attached hydrogens (tertiary/aromatic N) is 2. The van der Waals surface area contributed by atoms with Crippen LogP contribution in [0.4, 0.5) is 0 Å². The molecule has 4 heteroatoms. The third-order valence-electron chi connectivity index (χ3n) is 7.18. The molecule has 1 aliphatic carbocycles. The first-order chi connectivity index (χ1) is 16.2. The Balaban J connectivity index is 1.35. The number of piperidine rings is 1. The Morgan fingerprint density at radius 1 is 1.12 bits per heavy atom. The van der Waals surface area contributed by atoms with Gasteiger partial charge in [-0.25, -0.2) is 0 Å². The SMILES string of the molecule is CCC(NC(=O)/C(C#N)=C\N1CCC(Cc2ccccc2)CC1)c1ccc2c(c1)CCCC2. The van der Waals surface area contributed by atoms with Crippen molar-refractivity contribution in [1.29, 1.82) is 5.26 Å². The Morgan fingerprint density at radius 2 is 1.85 bits per heavy atom. The van der Waals surface area contributed by atoms with Crippen LogP contribution in [0.2, 0.25) is 0 Å². The molecular weight excluding hydrogens is 406 g/mol. The Hall–Kier alpha value is -3.06. The monoisotopic (exact) mass is 441 g/mol. The van der Waals surface area contributed by atoms with Gasteiger partial charge in [-0.1, -0.05) is 55.5 Å². The number of nitrogens with one attached hydrogen (secondary N) is 1. The number of benzene rings is 2. The predicted octanol–water partition coefficient (Wildman–Crippen LogP) is 5.49. The number of hydrogen-bond acceptors (Lipinski definition) is 3. The fourth-order valence-corrected chi connectivity index (χ4v) is 5.18. The van der Waals surface area contributed by atoms with Gasteiger partial charge in [0.05, 0.1) is 6.04 Å². The number of amides is 1. The van der Waals surface area contributed by atoms with Gasteiger partial charge >= 0.3 is 0 Å². The van der Waals surface area contributed by atoms with Crippen LogP contribution in [0, 0.1) is 17.2 Å². The molecule has 2 aliphatic rings. The van der Waals surface area contributed by atoms with Gasteiger partial charge in [0.25, 0.3) is 5.91 Å². The van der Waals surface area contributed by atoms with Crippen LogP contribution in [0.3, 0.4) is 0 Å². The summed E-state index contributed by atoms with van der Waals surface area (Å²) in [5.74, 6) is 0.387. The van der Waals surface area contributed by atoms with Gasteiger partial charge in [-0.15, -0.1) is 0 Å². The van der Waals surface area contributed by atoms with Crippen molar-refractivity contribution in [3.8, 4) is 6.07 Å². The Bertz CT molecular complexity index is 1010. The van der Waals surface area contributed by atoms with Gasteiger partial charge in [0.2, 0.25) is 0 Å². The minimum Gasteiger partial charge on any atom is -0.376 e. The van der Waals surface area contributed by atoms with E-state index in [2.05, 4.69) is 71.7 Å². The molecule has 0 saturated carbocycles. The molecule has 172 valence electrons. The fraction of sp³-hybridized carbons (Fsp3) is 0.448. The second-order valence-electron chi connectivity index (χ2n) is 9.49. The molecule has 1 saturated heterocycles. The zero-order valence-electron chi connectivity index (χ0n) is 19.7. The van der Waals surface area contributed by atoms with Crippen molar-refractivity contribution in [3.05, 3.63) is 82.6 Å². The van der Waals surface area contributed by atoms with E-state index in [0.717, 1.165) is 57.2 Å². The normalized spacial score (nSPS) is 17.7.